The van der Waals surface area contributed by atoms with Crippen LogP contribution < -0.4 is 0 Å². The van der Waals surface area contributed by atoms with Crippen LogP contribution in [0.25, 0.3) is 6.08 Å². The summed E-state index contributed by atoms with van der Waals surface area (Å²) < 4.78 is 5.46. The van der Waals surface area contributed by atoms with Crippen LogP contribution in [-0.2, 0) is 4.74 Å². The van der Waals surface area contributed by atoms with Crippen molar-refractivity contribution in [2.24, 2.45) is 11.8 Å². The molecular weight excluding hydrogens is 336 g/mol. The molecule has 0 saturated heterocycles. The van der Waals surface area contributed by atoms with Crippen LogP contribution in [0.4, 0.5) is 0 Å². The Labute approximate surface area is 153 Å². The van der Waals surface area contributed by atoms with E-state index in [2.05, 4.69) is 0 Å². The third-order valence-corrected chi connectivity index (χ3v) is 4.70. The van der Waals surface area contributed by atoms with Gasteiger partial charge in [0.2, 0.25) is 0 Å². The van der Waals surface area contributed by atoms with Gasteiger partial charge < -0.3 is 25.2 Å². The first-order chi connectivity index (χ1) is 12.2. The standard InChI is InChI=1S/C20H26O6/c1-11-7-8-12(2)19(24)16(22)6-4-5-14-9-15(21)10-17(23)18(14)20(25)26-13(11)3/h4-5,7-13,16,19,21-24H,6H2,1-3H3/b5-4+,8-7-/t11-,12-,13+,16+,19-/m1/s1. The molecule has 0 saturated carbocycles. The van der Waals surface area contributed by atoms with Gasteiger partial charge in [-0.2, -0.15) is 0 Å². The normalized spacial score (nSPS) is 32.8. The number of benzene rings is 1. The van der Waals surface area contributed by atoms with E-state index >= 15 is 0 Å². The molecule has 1 aliphatic heterocycles. The van der Waals surface area contributed by atoms with Crippen molar-refractivity contribution in [1.82, 2.24) is 0 Å². The fourth-order valence-corrected chi connectivity index (χ4v) is 2.77. The van der Waals surface area contributed by atoms with Crippen LogP contribution in [-0.4, -0.2) is 44.7 Å². The lowest BCUT2D eigenvalue weighted by atomic mass is 9.94. The Morgan fingerprint density at radius 2 is 1.69 bits per heavy atom. The van der Waals surface area contributed by atoms with Gasteiger partial charge in [-0.1, -0.05) is 38.2 Å². The molecule has 6 heteroatoms. The van der Waals surface area contributed by atoms with Crippen molar-refractivity contribution in [2.45, 2.75) is 45.5 Å². The number of cyclic esters (lactones) is 1. The van der Waals surface area contributed by atoms with Gasteiger partial charge in [0.05, 0.1) is 12.2 Å². The molecule has 6 nitrogen and oxygen atoms in total. The third-order valence-electron chi connectivity index (χ3n) is 4.70. The van der Waals surface area contributed by atoms with E-state index in [4.69, 9.17) is 4.74 Å². The Morgan fingerprint density at radius 1 is 1.04 bits per heavy atom. The SMILES string of the molecule is C[C@@H]1/C=C\[C@@H](C)[C@H](C)OC(=O)c2c(O)cc(O)cc2/C=C/C[C@H](O)[C@@H]1O. The molecule has 4 N–H and O–H groups in total. The average Bonchev–Trinajstić information content (AvgIpc) is 2.56. The Kier molecular flexibility index (Phi) is 6.45. The number of aliphatic hydroxyl groups excluding tert-OH is 2. The van der Waals surface area contributed by atoms with E-state index < -0.39 is 24.3 Å². The van der Waals surface area contributed by atoms with Crippen LogP contribution >= 0.6 is 0 Å². The van der Waals surface area contributed by atoms with Crippen molar-refractivity contribution < 1.29 is 30.0 Å². The van der Waals surface area contributed by atoms with Gasteiger partial charge in [-0.3, -0.25) is 0 Å². The molecule has 0 unspecified atom stereocenters. The van der Waals surface area contributed by atoms with E-state index in [1.165, 1.54) is 12.1 Å². The summed E-state index contributed by atoms with van der Waals surface area (Å²) in [6.07, 6.45) is 4.46. The molecule has 0 spiro atoms. The minimum atomic E-state index is -0.983. The zero-order valence-electron chi connectivity index (χ0n) is 15.2. The quantitative estimate of drug-likeness (QED) is 0.417. The maximum absolute atomic E-state index is 12.5. The third kappa shape index (κ3) is 4.65. The van der Waals surface area contributed by atoms with Crippen molar-refractivity contribution in [2.75, 3.05) is 0 Å². The second-order valence-corrected chi connectivity index (χ2v) is 6.84. The van der Waals surface area contributed by atoms with E-state index in [-0.39, 0.29) is 40.9 Å². The van der Waals surface area contributed by atoms with Gasteiger partial charge in [0, 0.05) is 17.9 Å². The van der Waals surface area contributed by atoms with E-state index in [9.17, 15) is 25.2 Å². The molecule has 0 fully saturated rings. The monoisotopic (exact) mass is 362 g/mol. The molecule has 0 radical (unpaired) electrons. The highest BCUT2D eigenvalue weighted by molar-refractivity contribution is 5.97. The lowest BCUT2D eigenvalue weighted by molar-refractivity contribution is 0.000592. The van der Waals surface area contributed by atoms with Crippen molar-refractivity contribution in [3.8, 4) is 11.5 Å². The number of aliphatic hydroxyl groups is 2. The van der Waals surface area contributed by atoms with Gasteiger partial charge in [0.15, 0.2) is 0 Å². The van der Waals surface area contributed by atoms with E-state index in [0.29, 0.717) is 0 Å². The van der Waals surface area contributed by atoms with Gasteiger partial charge in [-0.15, -0.1) is 0 Å². The first-order valence-electron chi connectivity index (χ1n) is 8.68. The summed E-state index contributed by atoms with van der Waals surface area (Å²) in [6.45, 7) is 5.41. The first-order valence-corrected chi connectivity index (χ1v) is 8.68. The van der Waals surface area contributed by atoms with Crippen molar-refractivity contribution in [1.29, 1.82) is 0 Å². The van der Waals surface area contributed by atoms with Crippen molar-refractivity contribution in [3.05, 3.63) is 41.5 Å². The largest absolute Gasteiger partial charge is 0.508 e. The molecule has 0 aromatic heterocycles. The van der Waals surface area contributed by atoms with Crippen molar-refractivity contribution >= 4 is 12.0 Å². The Balaban J connectivity index is 2.46. The summed E-state index contributed by atoms with van der Waals surface area (Å²) in [5.74, 6) is -1.68. The van der Waals surface area contributed by atoms with E-state index in [1.807, 2.05) is 13.0 Å². The smallest absolute Gasteiger partial charge is 0.342 e. The molecule has 1 heterocycles. The van der Waals surface area contributed by atoms with E-state index in [1.54, 1.807) is 26.0 Å². The summed E-state index contributed by atoms with van der Waals surface area (Å²) >= 11 is 0. The van der Waals surface area contributed by atoms with Gasteiger partial charge >= 0.3 is 5.97 Å². The number of hydrogen-bond acceptors (Lipinski definition) is 6. The zero-order chi connectivity index (χ0) is 19.4. The molecule has 1 aromatic carbocycles. The maximum Gasteiger partial charge on any atom is 0.342 e. The predicted octanol–water partition coefficient (Wildman–Crippen LogP) is 2.61. The fourth-order valence-electron chi connectivity index (χ4n) is 2.77. The number of ether oxygens (including phenoxy) is 1. The predicted molar refractivity (Wildman–Crippen MR) is 97.8 cm³/mol. The number of esters is 1. The summed E-state index contributed by atoms with van der Waals surface area (Å²) in [6, 6.07) is 2.41. The van der Waals surface area contributed by atoms with Gasteiger partial charge in [-0.05, 0) is 25.0 Å². The second kappa shape index (κ2) is 8.38. The average molecular weight is 362 g/mol. The number of carbonyl (C=O) groups excluding carboxylic acids is 1. The number of aromatic hydroxyl groups is 2. The van der Waals surface area contributed by atoms with Crippen LogP contribution in [0.1, 0.15) is 43.1 Å². The molecule has 5 atom stereocenters. The number of phenolic OH excluding ortho intramolecular Hbond substituents is 2. The highest BCUT2D eigenvalue weighted by Gasteiger charge is 2.24. The fraction of sp³-hybridized carbons (Fsp3) is 0.450. The molecule has 26 heavy (non-hydrogen) atoms. The minimum Gasteiger partial charge on any atom is -0.508 e. The van der Waals surface area contributed by atoms with Crippen LogP contribution in [0, 0.1) is 11.8 Å². The maximum atomic E-state index is 12.5. The topological polar surface area (TPSA) is 107 Å². The highest BCUT2D eigenvalue weighted by Crippen LogP contribution is 2.30. The molecular formula is C20H26O6. The minimum absolute atomic E-state index is 0.0532. The first kappa shape index (κ1) is 20.0. The molecule has 1 aromatic rings. The van der Waals surface area contributed by atoms with Gasteiger partial charge in [0.25, 0.3) is 0 Å². The Hall–Kier alpha value is -2.31. The molecule has 1 aliphatic rings. The van der Waals surface area contributed by atoms with Gasteiger partial charge in [0.1, 0.15) is 23.2 Å². The number of carbonyl (C=O) groups is 1. The lowest BCUT2D eigenvalue weighted by Gasteiger charge is -2.23. The second-order valence-electron chi connectivity index (χ2n) is 6.84. The number of rotatable bonds is 0. The Morgan fingerprint density at radius 3 is 2.38 bits per heavy atom. The van der Waals surface area contributed by atoms with Crippen molar-refractivity contribution in [3.63, 3.8) is 0 Å². The number of hydrogen-bond donors (Lipinski definition) is 4. The zero-order valence-corrected chi connectivity index (χ0v) is 15.2. The van der Waals surface area contributed by atoms with Crippen LogP contribution in [0.5, 0.6) is 11.5 Å². The van der Waals surface area contributed by atoms with Gasteiger partial charge in [-0.25, -0.2) is 4.79 Å². The summed E-state index contributed by atoms with van der Waals surface area (Å²) in [5.41, 5.74) is 0.220. The Bertz CT molecular complexity index is 708. The summed E-state index contributed by atoms with van der Waals surface area (Å²) in [5, 5.41) is 40.2. The van der Waals surface area contributed by atoms with Crippen LogP contribution in [0.15, 0.2) is 30.4 Å². The lowest BCUT2D eigenvalue weighted by Crippen LogP contribution is -2.31. The number of phenols is 2. The number of fused-ring (bicyclic) bond motifs is 1. The summed E-state index contributed by atoms with van der Waals surface area (Å²) in [7, 11) is 0. The highest BCUT2D eigenvalue weighted by atomic mass is 16.5. The van der Waals surface area contributed by atoms with Crippen LogP contribution in [0.2, 0.25) is 0 Å². The molecule has 0 amide bonds. The van der Waals surface area contributed by atoms with E-state index in [0.717, 1.165) is 6.07 Å². The van der Waals surface area contributed by atoms with Crippen LogP contribution in [0.3, 0.4) is 0 Å². The summed E-state index contributed by atoms with van der Waals surface area (Å²) in [4.78, 5) is 12.5. The molecule has 0 bridgehead atoms. The molecule has 142 valence electrons. The molecule has 0 aliphatic carbocycles. The molecule has 2 rings (SSSR count).